The largest absolute Gasteiger partial charge is 0.459 e. The molecule has 3 amide bonds. The summed E-state index contributed by atoms with van der Waals surface area (Å²) in [4.78, 5) is 39.5. The van der Waals surface area contributed by atoms with Gasteiger partial charge in [-0.15, -0.1) is 0 Å². The molecule has 35 heavy (non-hydrogen) atoms. The minimum atomic E-state index is -4.53. The summed E-state index contributed by atoms with van der Waals surface area (Å²) in [6.07, 6.45) is -1.85. The Morgan fingerprint density at radius 1 is 0.943 bits per heavy atom. The highest BCUT2D eigenvalue weighted by atomic mass is 19.4. The lowest BCUT2D eigenvalue weighted by atomic mass is 9.96. The van der Waals surface area contributed by atoms with Crippen LogP contribution in [0.2, 0.25) is 0 Å². The van der Waals surface area contributed by atoms with E-state index < -0.39 is 23.6 Å². The lowest BCUT2D eigenvalue weighted by molar-refractivity contribution is -0.137. The highest BCUT2D eigenvalue weighted by Gasteiger charge is 2.31. The van der Waals surface area contributed by atoms with Gasteiger partial charge in [0.05, 0.1) is 17.7 Å². The van der Waals surface area contributed by atoms with Gasteiger partial charge in [0, 0.05) is 30.0 Å². The van der Waals surface area contributed by atoms with Crippen molar-refractivity contribution in [2.24, 2.45) is 5.92 Å². The molecule has 3 aromatic rings. The lowest BCUT2D eigenvalue weighted by Gasteiger charge is -2.31. The van der Waals surface area contributed by atoms with Crippen LogP contribution in [0.15, 0.2) is 71.3 Å². The molecule has 1 saturated heterocycles. The van der Waals surface area contributed by atoms with Crippen molar-refractivity contribution in [3.63, 3.8) is 0 Å². The minimum Gasteiger partial charge on any atom is -0.459 e. The predicted octanol–water partition coefficient (Wildman–Crippen LogP) is 5.04. The Labute approximate surface area is 198 Å². The normalized spacial score (nSPS) is 16.0. The summed E-state index contributed by atoms with van der Waals surface area (Å²) >= 11 is 0. The first-order valence-electron chi connectivity index (χ1n) is 10.9. The zero-order valence-electron chi connectivity index (χ0n) is 18.5. The Balaban J connectivity index is 1.39. The minimum absolute atomic E-state index is 0.00258. The number of hydrogen-bond donors (Lipinski definition) is 2. The SMILES string of the molecule is O=C(Nc1cccc(C(F)(F)F)c1)c1cccc(NC(=O)[C@H]2CCCN(C(=O)c3ccco3)C2)c1. The molecule has 0 aliphatic carbocycles. The number of anilines is 2. The predicted molar refractivity (Wildman–Crippen MR) is 122 cm³/mol. The van der Waals surface area contributed by atoms with Crippen LogP contribution in [0.5, 0.6) is 0 Å². The van der Waals surface area contributed by atoms with Gasteiger partial charge in [0.1, 0.15) is 0 Å². The summed E-state index contributed by atoms with van der Waals surface area (Å²) in [5.74, 6) is -1.41. The molecule has 0 spiro atoms. The smallest absolute Gasteiger partial charge is 0.416 e. The average molecular weight is 485 g/mol. The van der Waals surface area contributed by atoms with E-state index in [1.54, 1.807) is 29.2 Å². The zero-order valence-corrected chi connectivity index (χ0v) is 18.5. The van der Waals surface area contributed by atoms with Gasteiger partial charge in [-0.1, -0.05) is 12.1 Å². The van der Waals surface area contributed by atoms with Crippen molar-refractivity contribution in [1.29, 1.82) is 0 Å². The monoisotopic (exact) mass is 485 g/mol. The third kappa shape index (κ3) is 5.89. The van der Waals surface area contributed by atoms with E-state index in [0.717, 1.165) is 12.1 Å². The molecule has 0 bridgehead atoms. The number of benzene rings is 2. The molecule has 1 aliphatic rings. The molecule has 2 heterocycles. The number of alkyl halides is 3. The van der Waals surface area contributed by atoms with Crippen LogP contribution in [0, 0.1) is 5.92 Å². The van der Waals surface area contributed by atoms with Crippen molar-refractivity contribution in [2.75, 3.05) is 23.7 Å². The van der Waals surface area contributed by atoms with Crippen LogP contribution in [0.3, 0.4) is 0 Å². The number of hydrogen-bond acceptors (Lipinski definition) is 4. The van der Waals surface area contributed by atoms with Crippen molar-refractivity contribution < 1.29 is 32.0 Å². The first-order valence-corrected chi connectivity index (χ1v) is 10.9. The number of amides is 3. The van der Waals surface area contributed by atoms with Gasteiger partial charge in [-0.2, -0.15) is 13.2 Å². The summed E-state index contributed by atoms with van der Waals surface area (Å²) in [7, 11) is 0. The molecule has 1 aromatic heterocycles. The van der Waals surface area contributed by atoms with E-state index in [9.17, 15) is 27.6 Å². The summed E-state index contributed by atoms with van der Waals surface area (Å²) in [5.41, 5.74) is -0.342. The van der Waals surface area contributed by atoms with E-state index in [1.165, 1.54) is 30.5 Å². The number of carbonyl (C=O) groups excluding carboxylic acids is 3. The Morgan fingerprint density at radius 3 is 2.40 bits per heavy atom. The molecular weight excluding hydrogens is 463 g/mol. The van der Waals surface area contributed by atoms with E-state index in [2.05, 4.69) is 10.6 Å². The Hall–Kier alpha value is -4.08. The maximum absolute atomic E-state index is 12.9. The van der Waals surface area contributed by atoms with E-state index in [1.807, 2.05) is 0 Å². The van der Waals surface area contributed by atoms with Crippen molar-refractivity contribution >= 4 is 29.1 Å². The average Bonchev–Trinajstić information content (AvgIpc) is 3.38. The van der Waals surface area contributed by atoms with Gasteiger partial charge in [-0.05, 0) is 61.4 Å². The summed E-state index contributed by atoms with van der Waals surface area (Å²) < 4.78 is 43.9. The number of nitrogens with zero attached hydrogens (tertiary/aromatic N) is 1. The number of piperidine rings is 1. The highest BCUT2D eigenvalue weighted by Crippen LogP contribution is 2.31. The molecule has 1 atom stereocenters. The summed E-state index contributed by atoms with van der Waals surface area (Å²) in [6, 6.07) is 13.6. The number of nitrogens with one attached hydrogen (secondary N) is 2. The fourth-order valence-electron chi connectivity index (χ4n) is 3.89. The third-order valence-electron chi connectivity index (χ3n) is 5.65. The Bertz CT molecular complexity index is 1220. The second-order valence-corrected chi connectivity index (χ2v) is 8.17. The molecule has 7 nitrogen and oxygen atoms in total. The quantitative estimate of drug-likeness (QED) is 0.530. The van der Waals surface area contributed by atoms with Gasteiger partial charge in [-0.25, -0.2) is 0 Å². The first kappa shape index (κ1) is 24.1. The topological polar surface area (TPSA) is 91.7 Å². The van der Waals surface area contributed by atoms with Gasteiger partial charge in [0.25, 0.3) is 11.8 Å². The highest BCUT2D eigenvalue weighted by molar-refractivity contribution is 6.05. The standard InChI is InChI=1S/C25H22F3N3O4/c26-25(27,28)18-7-2-9-20(14-18)30-22(32)16-5-1-8-19(13-16)29-23(33)17-6-3-11-31(15-17)24(34)21-10-4-12-35-21/h1-2,4-5,7-10,12-14,17H,3,6,11,15H2,(H,29,33)(H,30,32)/t17-/m0/s1. The molecule has 1 fully saturated rings. The summed E-state index contributed by atoms with van der Waals surface area (Å²) in [5, 5.41) is 5.21. The second-order valence-electron chi connectivity index (χ2n) is 8.17. The Morgan fingerprint density at radius 2 is 1.69 bits per heavy atom. The molecule has 182 valence electrons. The van der Waals surface area contributed by atoms with Crippen LogP contribution in [-0.2, 0) is 11.0 Å². The number of rotatable bonds is 5. The summed E-state index contributed by atoms with van der Waals surface area (Å²) in [6.45, 7) is 0.760. The fourth-order valence-corrected chi connectivity index (χ4v) is 3.89. The van der Waals surface area contributed by atoms with Gasteiger partial charge in [0.15, 0.2) is 5.76 Å². The van der Waals surface area contributed by atoms with Crippen molar-refractivity contribution in [3.8, 4) is 0 Å². The van der Waals surface area contributed by atoms with E-state index >= 15 is 0 Å². The van der Waals surface area contributed by atoms with Gasteiger partial charge in [-0.3, -0.25) is 14.4 Å². The van der Waals surface area contributed by atoms with E-state index in [-0.39, 0.29) is 35.4 Å². The van der Waals surface area contributed by atoms with Gasteiger partial charge in [0.2, 0.25) is 5.91 Å². The number of halogens is 3. The van der Waals surface area contributed by atoms with Crippen LogP contribution in [-0.4, -0.2) is 35.7 Å². The number of carbonyl (C=O) groups is 3. The van der Waals surface area contributed by atoms with E-state index in [0.29, 0.717) is 25.1 Å². The molecule has 0 unspecified atom stereocenters. The maximum atomic E-state index is 12.9. The van der Waals surface area contributed by atoms with Gasteiger partial charge < -0.3 is 20.0 Å². The fraction of sp³-hybridized carbons (Fsp3) is 0.240. The van der Waals surface area contributed by atoms with Crippen molar-refractivity contribution in [2.45, 2.75) is 19.0 Å². The number of likely N-dealkylation sites (tertiary alicyclic amines) is 1. The van der Waals surface area contributed by atoms with Gasteiger partial charge >= 0.3 is 6.18 Å². The van der Waals surface area contributed by atoms with E-state index in [4.69, 9.17) is 4.42 Å². The van der Waals surface area contributed by atoms with Crippen molar-refractivity contribution in [1.82, 2.24) is 4.90 Å². The zero-order chi connectivity index (χ0) is 25.0. The first-order chi connectivity index (χ1) is 16.7. The molecule has 0 radical (unpaired) electrons. The second kappa shape index (κ2) is 10.0. The Kier molecular flexibility index (Phi) is 6.90. The van der Waals surface area contributed by atoms with Crippen LogP contribution >= 0.6 is 0 Å². The molecule has 1 aliphatic heterocycles. The molecule has 2 aromatic carbocycles. The molecule has 2 N–H and O–H groups in total. The molecule has 10 heteroatoms. The van der Waals surface area contributed by atoms with Crippen molar-refractivity contribution in [3.05, 3.63) is 83.8 Å². The number of furan rings is 1. The van der Waals surface area contributed by atoms with Crippen LogP contribution in [0.1, 0.15) is 39.3 Å². The van der Waals surface area contributed by atoms with Crippen LogP contribution in [0.4, 0.5) is 24.5 Å². The van der Waals surface area contributed by atoms with Crippen LogP contribution < -0.4 is 10.6 Å². The maximum Gasteiger partial charge on any atom is 0.416 e. The molecule has 4 rings (SSSR count). The molecule has 0 saturated carbocycles. The lowest BCUT2D eigenvalue weighted by Crippen LogP contribution is -2.43. The third-order valence-corrected chi connectivity index (χ3v) is 5.65. The van der Waals surface area contributed by atoms with Crippen LogP contribution in [0.25, 0.3) is 0 Å². The molecular formula is C25H22F3N3O4.